The van der Waals surface area contributed by atoms with Crippen molar-refractivity contribution < 1.29 is 4.39 Å². The molecule has 0 saturated carbocycles. The molecule has 0 unspecified atom stereocenters. The zero-order valence-corrected chi connectivity index (χ0v) is 11.8. The maximum atomic E-state index is 13.8. The van der Waals surface area contributed by atoms with Crippen LogP contribution in [0.4, 0.5) is 15.8 Å². The van der Waals surface area contributed by atoms with E-state index in [1.165, 1.54) is 6.07 Å². The van der Waals surface area contributed by atoms with E-state index in [4.69, 9.17) is 0 Å². The lowest BCUT2D eigenvalue weighted by atomic mass is 10.1. The van der Waals surface area contributed by atoms with Gasteiger partial charge in [-0.25, -0.2) is 4.39 Å². The average molecular weight is 308 g/mol. The molecule has 1 nitrogen and oxygen atoms in total. The molecule has 2 rings (SSSR count). The van der Waals surface area contributed by atoms with Crippen LogP contribution in [0.5, 0.6) is 0 Å². The number of alkyl halides is 1. The molecule has 0 saturated heterocycles. The summed E-state index contributed by atoms with van der Waals surface area (Å²) < 4.78 is 13.8. The maximum absolute atomic E-state index is 13.8. The highest BCUT2D eigenvalue weighted by Gasteiger charge is 2.13. The zero-order chi connectivity index (χ0) is 13.0. The molecule has 0 amide bonds. The summed E-state index contributed by atoms with van der Waals surface area (Å²) >= 11 is 3.36. The van der Waals surface area contributed by atoms with Gasteiger partial charge in [0, 0.05) is 28.8 Å². The number of benzene rings is 2. The van der Waals surface area contributed by atoms with E-state index in [1.54, 1.807) is 6.07 Å². The second-order valence-electron chi connectivity index (χ2n) is 3.95. The standard InChI is InChI=1S/C15H15BrFN/c1-2-18(12-7-4-3-5-8-12)15-10-6-9-14(17)13(15)11-16/h3-10H,2,11H2,1H3. The predicted molar refractivity (Wildman–Crippen MR) is 78.2 cm³/mol. The minimum atomic E-state index is -0.168. The lowest BCUT2D eigenvalue weighted by Crippen LogP contribution is -2.17. The first kappa shape index (κ1) is 13.1. The predicted octanol–water partition coefficient (Wildman–Crippen LogP) is 4.88. The van der Waals surface area contributed by atoms with Crippen molar-refractivity contribution in [2.45, 2.75) is 12.3 Å². The van der Waals surface area contributed by atoms with Gasteiger partial charge in [0.15, 0.2) is 0 Å². The van der Waals surface area contributed by atoms with Crippen LogP contribution in [0, 0.1) is 5.82 Å². The Morgan fingerprint density at radius 2 is 1.78 bits per heavy atom. The molecular weight excluding hydrogens is 293 g/mol. The normalized spacial score (nSPS) is 10.4. The molecule has 0 N–H and O–H groups in total. The van der Waals surface area contributed by atoms with Crippen LogP contribution in [-0.2, 0) is 5.33 Å². The summed E-state index contributed by atoms with van der Waals surface area (Å²) in [4.78, 5) is 2.11. The van der Waals surface area contributed by atoms with Crippen LogP contribution in [0.25, 0.3) is 0 Å². The van der Waals surface area contributed by atoms with Crippen LogP contribution < -0.4 is 4.90 Å². The second kappa shape index (κ2) is 6.01. The Bertz CT molecular complexity index is 513. The number of nitrogens with zero attached hydrogens (tertiary/aromatic N) is 1. The molecule has 0 aliphatic carbocycles. The Balaban J connectivity index is 2.49. The van der Waals surface area contributed by atoms with Crippen molar-refractivity contribution in [3.05, 3.63) is 59.9 Å². The molecule has 2 aromatic rings. The topological polar surface area (TPSA) is 3.24 Å². The molecule has 0 aliphatic rings. The fraction of sp³-hybridized carbons (Fsp3) is 0.200. The van der Waals surface area contributed by atoms with Gasteiger partial charge in [-0.15, -0.1) is 0 Å². The molecule has 94 valence electrons. The highest BCUT2D eigenvalue weighted by atomic mass is 79.9. The van der Waals surface area contributed by atoms with E-state index in [9.17, 15) is 4.39 Å². The van der Waals surface area contributed by atoms with E-state index in [2.05, 4.69) is 27.8 Å². The van der Waals surface area contributed by atoms with Crippen molar-refractivity contribution in [1.29, 1.82) is 0 Å². The van der Waals surface area contributed by atoms with Crippen LogP contribution in [0.15, 0.2) is 48.5 Å². The Morgan fingerprint density at radius 1 is 1.06 bits per heavy atom. The number of anilines is 2. The van der Waals surface area contributed by atoms with E-state index in [-0.39, 0.29) is 5.82 Å². The van der Waals surface area contributed by atoms with Crippen LogP contribution in [0.1, 0.15) is 12.5 Å². The molecule has 3 heteroatoms. The summed E-state index contributed by atoms with van der Waals surface area (Å²) in [7, 11) is 0. The third-order valence-electron chi connectivity index (χ3n) is 2.90. The maximum Gasteiger partial charge on any atom is 0.129 e. The van der Waals surface area contributed by atoms with Crippen LogP contribution in [0.2, 0.25) is 0 Å². The Labute approximate surface area is 115 Å². The lowest BCUT2D eigenvalue weighted by molar-refractivity contribution is 0.617. The molecule has 0 aromatic heterocycles. The highest BCUT2D eigenvalue weighted by Crippen LogP contribution is 2.31. The summed E-state index contributed by atoms with van der Waals surface area (Å²) in [6.07, 6.45) is 0. The molecule has 0 bridgehead atoms. The molecule has 0 fully saturated rings. The van der Waals surface area contributed by atoms with Crippen molar-refractivity contribution >= 4 is 27.3 Å². The number of para-hydroxylation sites is 1. The van der Waals surface area contributed by atoms with Crippen molar-refractivity contribution in [1.82, 2.24) is 0 Å². The molecule has 18 heavy (non-hydrogen) atoms. The average Bonchev–Trinajstić information content (AvgIpc) is 2.41. The zero-order valence-electron chi connectivity index (χ0n) is 10.2. The quantitative estimate of drug-likeness (QED) is 0.728. The summed E-state index contributed by atoms with van der Waals surface area (Å²) in [5, 5.41) is 0.512. The van der Waals surface area contributed by atoms with Crippen molar-refractivity contribution in [3.8, 4) is 0 Å². The van der Waals surface area contributed by atoms with E-state index in [1.807, 2.05) is 36.4 Å². The van der Waals surface area contributed by atoms with E-state index in [0.717, 1.165) is 17.9 Å². The minimum Gasteiger partial charge on any atom is -0.341 e. The van der Waals surface area contributed by atoms with Crippen LogP contribution >= 0.6 is 15.9 Å². The summed E-state index contributed by atoms with van der Waals surface area (Å²) in [5.41, 5.74) is 2.69. The summed E-state index contributed by atoms with van der Waals surface area (Å²) in [6, 6.07) is 15.2. The number of hydrogen-bond donors (Lipinski definition) is 0. The van der Waals surface area contributed by atoms with Gasteiger partial charge in [-0.1, -0.05) is 40.2 Å². The summed E-state index contributed by atoms with van der Waals surface area (Å²) in [6.45, 7) is 2.86. The first-order chi connectivity index (χ1) is 8.77. The van der Waals surface area contributed by atoms with Gasteiger partial charge in [-0.2, -0.15) is 0 Å². The van der Waals surface area contributed by atoms with Crippen LogP contribution in [0.3, 0.4) is 0 Å². The Kier molecular flexibility index (Phi) is 4.37. The minimum absolute atomic E-state index is 0.168. The Morgan fingerprint density at radius 3 is 2.39 bits per heavy atom. The first-order valence-corrected chi connectivity index (χ1v) is 7.06. The smallest absolute Gasteiger partial charge is 0.129 e. The highest BCUT2D eigenvalue weighted by molar-refractivity contribution is 9.08. The molecule has 0 aliphatic heterocycles. The van der Waals surface area contributed by atoms with Gasteiger partial charge < -0.3 is 4.90 Å². The van der Waals surface area contributed by atoms with Crippen molar-refractivity contribution in [2.75, 3.05) is 11.4 Å². The van der Waals surface area contributed by atoms with E-state index >= 15 is 0 Å². The number of halogens is 2. The first-order valence-electron chi connectivity index (χ1n) is 5.94. The van der Waals surface area contributed by atoms with Gasteiger partial charge in [-0.3, -0.25) is 0 Å². The van der Waals surface area contributed by atoms with Gasteiger partial charge in [0.05, 0.1) is 0 Å². The van der Waals surface area contributed by atoms with Gasteiger partial charge in [0.25, 0.3) is 0 Å². The van der Waals surface area contributed by atoms with Gasteiger partial charge in [-0.05, 0) is 31.2 Å². The molecule has 0 radical (unpaired) electrons. The third kappa shape index (κ3) is 2.56. The van der Waals surface area contributed by atoms with Gasteiger partial charge in [0.2, 0.25) is 0 Å². The van der Waals surface area contributed by atoms with Gasteiger partial charge in [0.1, 0.15) is 5.82 Å². The lowest BCUT2D eigenvalue weighted by Gasteiger charge is -2.25. The fourth-order valence-electron chi connectivity index (χ4n) is 2.03. The van der Waals surface area contributed by atoms with Crippen molar-refractivity contribution in [2.24, 2.45) is 0 Å². The monoisotopic (exact) mass is 307 g/mol. The third-order valence-corrected chi connectivity index (χ3v) is 3.46. The van der Waals surface area contributed by atoms with E-state index in [0.29, 0.717) is 10.9 Å². The Hall–Kier alpha value is -1.35. The fourth-order valence-corrected chi connectivity index (χ4v) is 2.59. The molecule has 2 aromatic carbocycles. The molecule has 0 atom stereocenters. The molecule has 0 spiro atoms. The number of hydrogen-bond acceptors (Lipinski definition) is 1. The largest absolute Gasteiger partial charge is 0.341 e. The number of rotatable bonds is 4. The van der Waals surface area contributed by atoms with Gasteiger partial charge >= 0.3 is 0 Å². The van der Waals surface area contributed by atoms with Crippen LogP contribution in [-0.4, -0.2) is 6.54 Å². The SMILES string of the molecule is CCN(c1ccccc1)c1cccc(F)c1CBr. The second-order valence-corrected chi connectivity index (χ2v) is 4.51. The molecule has 0 heterocycles. The van der Waals surface area contributed by atoms with Crippen molar-refractivity contribution in [3.63, 3.8) is 0 Å². The molecular formula is C15H15BrFN. The van der Waals surface area contributed by atoms with E-state index < -0.39 is 0 Å². The summed E-state index contributed by atoms with van der Waals surface area (Å²) in [5.74, 6) is -0.168.